The van der Waals surface area contributed by atoms with E-state index >= 15 is 0 Å². The summed E-state index contributed by atoms with van der Waals surface area (Å²) in [6.07, 6.45) is 1.97. The van der Waals surface area contributed by atoms with Crippen LogP contribution in [0.5, 0.6) is 0 Å². The zero-order chi connectivity index (χ0) is 13.0. The molecule has 1 aromatic heterocycles. The summed E-state index contributed by atoms with van der Waals surface area (Å²) >= 11 is 1.14. The number of nitrogens with one attached hydrogen (secondary N) is 1. The number of allylic oxidation sites excluding steroid dienone is 1. The molecule has 1 heterocycles. The Bertz CT molecular complexity index is 506. The highest BCUT2D eigenvalue weighted by Gasteiger charge is 2.19. The van der Waals surface area contributed by atoms with Crippen molar-refractivity contribution in [2.24, 2.45) is 5.73 Å². The minimum Gasteiger partial charge on any atom is -0.396 e. The Morgan fingerprint density at radius 3 is 2.71 bits per heavy atom. The summed E-state index contributed by atoms with van der Waals surface area (Å²) in [7, 11) is 0. The number of primary amides is 1. The fraction of sp³-hybridized carbons (Fsp3) is 0.273. The van der Waals surface area contributed by atoms with Crippen LogP contribution in [0.3, 0.4) is 0 Å². The van der Waals surface area contributed by atoms with Gasteiger partial charge >= 0.3 is 0 Å². The van der Waals surface area contributed by atoms with Crippen molar-refractivity contribution in [2.75, 3.05) is 17.6 Å². The minimum atomic E-state index is -0.625. The Kier molecular flexibility index (Phi) is 4.12. The van der Waals surface area contributed by atoms with E-state index in [9.17, 15) is 4.79 Å². The first-order chi connectivity index (χ1) is 7.97. The van der Waals surface area contributed by atoms with E-state index < -0.39 is 5.91 Å². The van der Waals surface area contributed by atoms with Crippen LogP contribution >= 0.6 is 11.3 Å². The van der Waals surface area contributed by atoms with E-state index in [0.29, 0.717) is 16.4 Å². The van der Waals surface area contributed by atoms with Gasteiger partial charge in [0.1, 0.15) is 15.9 Å². The molecule has 5 N–H and O–H groups in total. The lowest BCUT2D eigenvalue weighted by molar-refractivity contribution is 0.100. The topological polar surface area (TPSA) is 105 Å². The molecule has 0 radical (unpaired) electrons. The number of anilines is 2. The van der Waals surface area contributed by atoms with Gasteiger partial charge in [-0.25, -0.2) is 0 Å². The second-order valence-electron chi connectivity index (χ2n) is 3.69. The third kappa shape index (κ3) is 2.98. The SMILES string of the molecule is CC(C)=CCNc1sc(C#N)c(N)c1C(N)=O. The summed E-state index contributed by atoms with van der Waals surface area (Å²) in [4.78, 5) is 11.6. The number of amides is 1. The van der Waals surface area contributed by atoms with E-state index in [1.165, 1.54) is 0 Å². The predicted octanol–water partition coefficient (Wildman–Crippen LogP) is 1.68. The summed E-state index contributed by atoms with van der Waals surface area (Å²) in [5, 5.41) is 12.4. The molecular formula is C11H14N4OS. The fourth-order valence-corrected chi connectivity index (χ4v) is 2.17. The molecule has 90 valence electrons. The second-order valence-corrected chi connectivity index (χ2v) is 4.71. The van der Waals surface area contributed by atoms with Crippen LogP contribution in [0.25, 0.3) is 0 Å². The highest BCUT2D eigenvalue weighted by atomic mass is 32.1. The van der Waals surface area contributed by atoms with E-state index in [4.69, 9.17) is 16.7 Å². The average molecular weight is 250 g/mol. The molecule has 1 amide bonds. The van der Waals surface area contributed by atoms with Gasteiger partial charge in [-0.15, -0.1) is 11.3 Å². The molecule has 17 heavy (non-hydrogen) atoms. The molecule has 0 saturated heterocycles. The number of carbonyl (C=O) groups excluding carboxylic acids is 1. The average Bonchev–Trinajstić information content (AvgIpc) is 2.54. The van der Waals surface area contributed by atoms with Crippen LogP contribution in [0.15, 0.2) is 11.6 Å². The van der Waals surface area contributed by atoms with Gasteiger partial charge in [0.2, 0.25) is 0 Å². The molecule has 0 aliphatic carbocycles. The van der Waals surface area contributed by atoms with Crippen LogP contribution in [-0.4, -0.2) is 12.5 Å². The highest BCUT2D eigenvalue weighted by Crippen LogP contribution is 2.34. The molecule has 0 aliphatic heterocycles. The van der Waals surface area contributed by atoms with Crippen LogP contribution in [0.4, 0.5) is 10.7 Å². The fourth-order valence-electron chi connectivity index (χ4n) is 1.24. The summed E-state index contributed by atoms with van der Waals surface area (Å²) in [5.74, 6) is -0.625. The second kappa shape index (κ2) is 5.37. The van der Waals surface area contributed by atoms with Crippen molar-refractivity contribution in [3.05, 3.63) is 22.1 Å². The zero-order valence-corrected chi connectivity index (χ0v) is 10.5. The lowest BCUT2D eigenvalue weighted by atomic mass is 10.2. The third-order valence-electron chi connectivity index (χ3n) is 2.07. The van der Waals surface area contributed by atoms with Crippen LogP contribution in [0, 0.1) is 11.3 Å². The molecule has 0 unspecified atom stereocenters. The van der Waals surface area contributed by atoms with E-state index in [-0.39, 0.29) is 11.3 Å². The standard InChI is InChI=1S/C11H14N4OS/c1-6(2)3-4-15-11-8(10(14)16)9(13)7(5-12)17-11/h3,15H,4,13H2,1-2H3,(H2,14,16). The number of nitrogens with zero attached hydrogens (tertiary/aromatic N) is 1. The molecule has 0 spiro atoms. The summed E-state index contributed by atoms with van der Waals surface area (Å²) in [5.41, 5.74) is 12.4. The van der Waals surface area contributed by atoms with Crippen LogP contribution in [0.2, 0.25) is 0 Å². The maximum Gasteiger partial charge on any atom is 0.253 e. The van der Waals surface area contributed by atoms with Gasteiger partial charge in [-0.2, -0.15) is 5.26 Å². The van der Waals surface area contributed by atoms with E-state index in [0.717, 1.165) is 16.9 Å². The molecule has 0 aliphatic rings. The molecule has 0 atom stereocenters. The van der Waals surface area contributed by atoms with Crippen molar-refractivity contribution < 1.29 is 4.79 Å². The number of nitrogen functional groups attached to an aromatic ring is 1. The molecule has 0 aromatic carbocycles. The third-order valence-corrected chi connectivity index (χ3v) is 3.13. The van der Waals surface area contributed by atoms with E-state index in [1.807, 2.05) is 26.0 Å². The van der Waals surface area contributed by atoms with E-state index in [1.54, 1.807) is 0 Å². The van der Waals surface area contributed by atoms with Crippen molar-refractivity contribution in [1.29, 1.82) is 5.26 Å². The predicted molar refractivity (Wildman–Crippen MR) is 69.9 cm³/mol. The van der Waals surface area contributed by atoms with Gasteiger partial charge < -0.3 is 16.8 Å². The quantitative estimate of drug-likeness (QED) is 0.707. The van der Waals surface area contributed by atoms with Crippen molar-refractivity contribution >= 4 is 27.9 Å². The minimum absolute atomic E-state index is 0.157. The van der Waals surface area contributed by atoms with Crippen molar-refractivity contribution in [3.63, 3.8) is 0 Å². The maximum absolute atomic E-state index is 11.3. The first-order valence-electron chi connectivity index (χ1n) is 4.96. The molecular weight excluding hydrogens is 236 g/mol. The summed E-state index contributed by atoms with van der Waals surface area (Å²) in [6.45, 7) is 4.51. The number of hydrogen-bond acceptors (Lipinski definition) is 5. The Morgan fingerprint density at radius 1 is 1.59 bits per heavy atom. The number of carbonyl (C=O) groups is 1. The summed E-state index contributed by atoms with van der Waals surface area (Å²) < 4.78 is 0. The Hall–Kier alpha value is -2.00. The molecule has 1 rings (SSSR count). The number of nitrogens with two attached hydrogens (primary N) is 2. The molecule has 5 nitrogen and oxygen atoms in total. The van der Waals surface area contributed by atoms with E-state index in [2.05, 4.69) is 5.32 Å². The zero-order valence-electron chi connectivity index (χ0n) is 9.70. The number of hydrogen-bond donors (Lipinski definition) is 3. The van der Waals surface area contributed by atoms with Crippen molar-refractivity contribution in [2.45, 2.75) is 13.8 Å². The van der Waals surface area contributed by atoms with Gasteiger partial charge in [0.15, 0.2) is 0 Å². The molecule has 0 fully saturated rings. The van der Waals surface area contributed by atoms with Gasteiger partial charge in [-0.05, 0) is 13.8 Å². The smallest absolute Gasteiger partial charge is 0.253 e. The Morgan fingerprint density at radius 2 is 2.24 bits per heavy atom. The molecule has 1 aromatic rings. The normalized spacial score (nSPS) is 9.47. The largest absolute Gasteiger partial charge is 0.396 e. The van der Waals surface area contributed by atoms with Gasteiger partial charge in [0, 0.05) is 6.54 Å². The Balaban J connectivity index is 3.03. The van der Waals surface area contributed by atoms with Crippen molar-refractivity contribution in [3.8, 4) is 6.07 Å². The molecule has 0 bridgehead atoms. The van der Waals surface area contributed by atoms with Gasteiger partial charge in [-0.1, -0.05) is 11.6 Å². The number of nitriles is 1. The number of thiophene rings is 1. The maximum atomic E-state index is 11.3. The van der Waals surface area contributed by atoms with Gasteiger partial charge in [0.05, 0.1) is 11.3 Å². The lowest BCUT2D eigenvalue weighted by Crippen LogP contribution is -2.14. The van der Waals surface area contributed by atoms with Crippen molar-refractivity contribution in [1.82, 2.24) is 0 Å². The van der Waals surface area contributed by atoms with Crippen LogP contribution < -0.4 is 16.8 Å². The lowest BCUT2D eigenvalue weighted by Gasteiger charge is -2.03. The first-order valence-corrected chi connectivity index (χ1v) is 5.78. The van der Waals surface area contributed by atoms with Gasteiger partial charge in [-0.3, -0.25) is 4.79 Å². The van der Waals surface area contributed by atoms with Crippen LogP contribution in [-0.2, 0) is 0 Å². The van der Waals surface area contributed by atoms with Crippen LogP contribution in [0.1, 0.15) is 29.1 Å². The highest BCUT2D eigenvalue weighted by molar-refractivity contribution is 7.17. The monoisotopic (exact) mass is 250 g/mol. The number of rotatable bonds is 4. The van der Waals surface area contributed by atoms with Gasteiger partial charge in [0.25, 0.3) is 5.91 Å². The summed E-state index contributed by atoms with van der Waals surface area (Å²) in [6, 6.07) is 1.94. The molecule has 6 heteroatoms. The molecule has 0 saturated carbocycles. The first kappa shape index (κ1) is 13.1. The Labute approximate surface area is 104 Å².